The van der Waals surface area contributed by atoms with E-state index < -0.39 is 13.9 Å². The van der Waals surface area contributed by atoms with Gasteiger partial charge in [-0.3, -0.25) is 4.98 Å². The fourth-order valence-electron chi connectivity index (χ4n) is 5.02. The van der Waals surface area contributed by atoms with Gasteiger partial charge in [-0.2, -0.15) is 0 Å². The molecule has 0 spiro atoms. The van der Waals surface area contributed by atoms with Gasteiger partial charge in [-0.25, -0.2) is 13.9 Å². The summed E-state index contributed by atoms with van der Waals surface area (Å²) in [6.45, 7) is 12.1. The third-order valence-corrected chi connectivity index (χ3v) is 13.5. The topological polar surface area (TPSA) is 82.8 Å². The zero-order valence-corrected chi connectivity index (χ0v) is 27.7. The summed E-state index contributed by atoms with van der Waals surface area (Å²) in [6, 6.07) is 20.3. The van der Waals surface area contributed by atoms with Crippen molar-refractivity contribution in [2.45, 2.75) is 70.5 Å². The zero-order chi connectivity index (χ0) is 31.8. The Kier molecular flexibility index (Phi) is 8.13. The van der Waals surface area contributed by atoms with Crippen molar-refractivity contribution >= 4 is 19.8 Å². The molecule has 45 heavy (non-hydrogen) atoms. The minimum absolute atomic E-state index is 0.131. The van der Waals surface area contributed by atoms with Crippen LogP contribution in [0.25, 0.3) is 17.0 Å². The minimum Gasteiger partial charge on any atom is -0.497 e. The summed E-state index contributed by atoms with van der Waals surface area (Å²) in [5.74, 6) is 1.77. The van der Waals surface area contributed by atoms with Crippen molar-refractivity contribution in [3.63, 3.8) is 0 Å². The Morgan fingerprint density at radius 2 is 1.71 bits per heavy atom. The molecule has 5 aromatic rings. The molecule has 0 radical (unpaired) electrons. The average Bonchev–Trinajstić information content (AvgIpc) is 3.68. The lowest BCUT2D eigenvalue weighted by Gasteiger charge is -2.36. The van der Waals surface area contributed by atoms with Crippen molar-refractivity contribution in [2.75, 3.05) is 12.4 Å². The SMILES string of the molecule is COc1ccc(COc2ccc(F)cc2C2(Nc3ccc4ncc(-c5cc(CO[Si](C)(C)C(C)(C)C)ccn5)n4n3)CC2)cc1. The van der Waals surface area contributed by atoms with Gasteiger partial charge in [-0.1, -0.05) is 32.9 Å². The van der Waals surface area contributed by atoms with E-state index in [2.05, 4.69) is 49.1 Å². The van der Waals surface area contributed by atoms with E-state index in [1.165, 1.54) is 6.07 Å². The molecule has 1 aliphatic rings. The van der Waals surface area contributed by atoms with Crippen LogP contribution in [-0.2, 0) is 23.2 Å². The Labute approximate surface area is 264 Å². The first-order valence-electron chi connectivity index (χ1n) is 15.2. The molecule has 1 N–H and O–H groups in total. The summed E-state index contributed by atoms with van der Waals surface area (Å²) in [4.78, 5) is 9.21. The molecule has 3 heterocycles. The monoisotopic (exact) mass is 625 g/mol. The number of halogens is 1. The molecule has 3 aromatic heterocycles. The highest BCUT2D eigenvalue weighted by Crippen LogP contribution is 2.51. The first kappa shape index (κ1) is 30.7. The van der Waals surface area contributed by atoms with Crippen molar-refractivity contribution in [1.82, 2.24) is 19.6 Å². The lowest BCUT2D eigenvalue weighted by molar-refractivity contribution is 0.276. The normalized spacial score (nSPS) is 14.4. The predicted octanol–water partition coefficient (Wildman–Crippen LogP) is 8.14. The molecule has 0 bridgehead atoms. The zero-order valence-electron chi connectivity index (χ0n) is 26.7. The number of aromatic nitrogens is 4. The fourth-order valence-corrected chi connectivity index (χ4v) is 5.98. The molecule has 8 nitrogen and oxygen atoms in total. The Morgan fingerprint density at radius 3 is 2.42 bits per heavy atom. The van der Waals surface area contributed by atoms with Gasteiger partial charge in [0.05, 0.1) is 31.1 Å². The van der Waals surface area contributed by atoms with Gasteiger partial charge in [0.25, 0.3) is 0 Å². The fraction of sp³-hybridized carbons (Fsp3) is 0.343. The van der Waals surface area contributed by atoms with Crippen molar-refractivity contribution in [3.8, 4) is 22.9 Å². The first-order chi connectivity index (χ1) is 21.5. The van der Waals surface area contributed by atoms with E-state index in [4.69, 9.17) is 19.0 Å². The number of nitrogens with one attached hydrogen (secondary N) is 1. The number of methoxy groups -OCH3 is 1. The van der Waals surface area contributed by atoms with Gasteiger partial charge in [-0.05, 0) is 96.7 Å². The summed E-state index contributed by atoms with van der Waals surface area (Å²) in [5, 5.41) is 8.63. The van der Waals surface area contributed by atoms with E-state index in [0.29, 0.717) is 30.4 Å². The Hall–Kier alpha value is -4.28. The van der Waals surface area contributed by atoms with Gasteiger partial charge >= 0.3 is 0 Å². The van der Waals surface area contributed by atoms with Crippen LogP contribution in [0.3, 0.4) is 0 Å². The summed E-state index contributed by atoms with van der Waals surface area (Å²) >= 11 is 0. The van der Waals surface area contributed by atoms with E-state index in [9.17, 15) is 4.39 Å². The maximum Gasteiger partial charge on any atom is 0.192 e. The number of hydrogen-bond donors (Lipinski definition) is 1. The summed E-state index contributed by atoms with van der Waals surface area (Å²) in [5.41, 5.74) is 4.59. The molecule has 0 amide bonds. The number of rotatable bonds is 11. The summed E-state index contributed by atoms with van der Waals surface area (Å²) in [7, 11) is -0.258. The smallest absolute Gasteiger partial charge is 0.192 e. The van der Waals surface area contributed by atoms with Crippen LogP contribution in [0.2, 0.25) is 18.1 Å². The number of imidazole rings is 1. The lowest BCUT2D eigenvalue weighted by Crippen LogP contribution is -2.40. The molecule has 0 atom stereocenters. The number of ether oxygens (including phenoxy) is 2. The van der Waals surface area contributed by atoms with E-state index in [0.717, 1.165) is 46.7 Å². The molecule has 6 rings (SSSR count). The predicted molar refractivity (Wildman–Crippen MR) is 176 cm³/mol. The lowest BCUT2D eigenvalue weighted by atomic mass is 10.0. The Morgan fingerprint density at radius 1 is 0.933 bits per heavy atom. The number of benzene rings is 2. The first-order valence-corrected chi connectivity index (χ1v) is 18.2. The molecule has 0 aliphatic heterocycles. The van der Waals surface area contributed by atoms with Gasteiger partial charge < -0.3 is 19.2 Å². The van der Waals surface area contributed by atoms with E-state index >= 15 is 0 Å². The van der Waals surface area contributed by atoms with Crippen LogP contribution >= 0.6 is 0 Å². The van der Waals surface area contributed by atoms with Crippen molar-refractivity contribution in [1.29, 1.82) is 0 Å². The highest BCUT2D eigenvalue weighted by Gasteiger charge is 2.47. The summed E-state index contributed by atoms with van der Waals surface area (Å²) in [6.07, 6.45) is 5.24. The van der Waals surface area contributed by atoms with Gasteiger partial charge in [0, 0.05) is 11.8 Å². The van der Waals surface area contributed by atoms with Crippen LogP contribution in [0.1, 0.15) is 50.3 Å². The van der Waals surface area contributed by atoms with Crippen LogP contribution in [-0.4, -0.2) is 35.0 Å². The van der Waals surface area contributed by atoms with Crippen LogP contribution < -0.4 is 14.8 Å². The molecule has 0 saturated heterocycles. The number of anilines is 1. The third kappa shape index (κ3) is 6.57. The third-order valence-electron chi connectivity index (χ3n) is 8.98. The van der Waals surface area contributed by atoms with Gasteiger partial charge in [0.15, 0.2) is 14.0 Å². The largest absolute Gasteiger partial charge is 0.497 e. The van der Waals surface area contributed by atoms with Crippen molar-refractivity contribution in [2.24, 2.45) is 0 Å². The Balaban J connectivity index is 1.23. The molecule has 10 heteroatoms. The quantitative estimate of drug-likeness (QED) is 0.148. The van der Waals surface area contributed by atoms with Crippen LogP contribution in [0.5, 0.6) is 11.5 Å². The molecule has 1 aliphatic carbocycles. The average molecular weight is 626 g/mol. The molecular formula is C35H40FN5O3Si. The van der Waals surface area contributed by atoms with E-state index in [1.807, 2.05) is 48.5 Å². The van der Waals surface area contributed by atoms with Gasteiger partial charge in [0.2, 0.25) is 0 Å². The molecule has 2 aromatic carbocycles. The van der Waals surface area contributed by atoms with Gasteiger partial charge in [-0.15, -0.1) is 5.10 Å². The highest BCUT2D eigenvalue weighted by molar-refractivity contribution is 6.74. The number of fused-ring (bicyclic) bond motifs is 1. The van der Waals surface area contributed by atoms with Crippen molar-refractivity contribution < 1.29 is 18.3 Å². The second-order valence-electron chi connectivity index (χ2n) is 13.2. The number of nitrogens with zero attached hydrogens (tertiary/aromatic N) is 4. The molecule has 234 valence electrons. The highest BCUT2D eigenvalue weighted by atomic mass is 28.4. The van der Waals surface area contributed by atoms with Crippen LogP contribution in [0.15, 0.2) is 79.1 Å². The maximum absolute atomic E-state index is 14.6. The number of hydrogen-bond acceptors (Lipinski definition) is 7. The van der Waals surface area contributed by atoms with Crippen molar-refractivity contribution in [3.05, 3.63) is 102 Å². The number of pyridine rings is 1. The molecule has 1 saturated carbocycles. The standard InChI is InChI=1S/C35H40FN5O3Si/c1-34(2,3)45(5,6)44-23-25-15-18-37-29(19-25)30-21-38-33-14-13-32(40-41(30)33)39-35(16-17-35)28-20-26(36)9-12-31(28)43-22-24-7-10-27(42-4)11-8-24/h7-15,18-21H,16-17,22-23H2,1-6H3,(H,39,40). The van der Waals surface area contributed by atoms with E-state index in [-0.39, 0.29) is 10.9 Å². The maximum atomic E-state index is 14.6. The minimum atomic E-state index is -1.90. The molecular weight excluding hydrogens is 586 g/mol. The van der Waals surface area contributed by atoms with E-state index in [1.54, 1.807) is 36.2 Å². The molecule has 0 unspecified atom stereocenters. The second-order valence-corrected chi connectivity index (χ2v) is 18.0. The molecule has 1 fully saturated rings. The van der Waals surface area contributed by atoms with Gasteiger partial charge in [0.1, 0.15) is 35.4 Å². The van der Waals surface area contributed by atoms with Crippen LogP contribution in [0, 0.1) is 5.82 Å². The summed E-state index contributed by atoms with van der Waals surface area (Å²) < 4.78 is 34.3. The Bertz CT molecular complexity index is 1810. The second kappa shape index (κ2) is 11.9. The van der Waals surface area contributed by atoms with Crippen LogP contribution in [0.4, 0.5) is 10.2 Å².